The quantitative estimate of drug-likeness (QED) is 0.586. The molecule has 1 aromatic carbocycles. The molecule has 0 radical (unpaired) electrons. The highest BCUT2D eigenvalue weighted by Gasteiger charge is 2.24. The largest absolute Gasteiger partial charge is 0.283 e. The molecule has 0 saturated carbocycles. The Morgan fingerprint density at radius 1 is 0.955 bits per heavy atom. The molecule has 2 aromatic heterocycles. The van der Waals surface area contributed by atoms with Crippen molar-refractivity contribution >= 4 is 17.2 Å². The molecule has 0 spiro atoms. The summed E-state index contributed by atoms with van der Waals surface area (Å²) in [5.74, 6) is 0.801. The molecule has 0 saturated heterocycles. The molecule has 3 rings (SSSR count). The van der Waals surface area contributed by atoms with E-state index >= 15 is 0 Å². The predicted molar refractivity (Wildman–Crippen MR) is 89.2 cm³/mol. The lowest BCUT2D eigenvalue weighted by Crippen LogP contribution is -2.11. The number of imidazole rings is 1. The predicted octanol–water partition coefficient (Wildman–Crippen LogP) is 5.36. The summed E-state index contributed by atoms with van der Waals surface area (Å²) in [5.41, 5.74) is 3.78. The molecule has 0 atom stereocenters. The Balaban J connectivity index is 2.18. The number of fused-ring (bicyclic) bond motifs is 1. The monoisotopic (exact) mass is 292 g/mol. The molecule has 2 heterocycles. The third-order valence-corrected chi connectivity index (χ3v) is 3.55. The Kier molecular flexibility index (Phi) is 3.53. The van der Waals surface area contributed by atoms with Crippen LogP contribution in [-0.2, 0) is 5.41 Å². The Bertz CT molecular complexity index is 823. The van der Waals surface area contributed by atoms with Crippen molar-refractivity contribution in [1.82, 2.24) is 9.38 Å². The first-order valence-electron chi connectivity index (χ1n) is 7.42. The Labute approximate surface area is 130 Å². The minimum Gasteiger partial charge on any atom is -0.283 e. The first-order chi connectivity index (χ1) is 10.5. The SMILES string of the molecule is Cc1cccn2c(N=Nc3ccccc3)c(C(C)(C)C)nc12. The molecule has 0 aliphatic rings. The lowest BCUT2D eigenvalue weighted by Gasteiger charge is -2.15. The van der Waals surface area contributed by atoms with Crippen molar-refractivity contribution in [2.75, 3.05) is 0 Å². The minimum atomic E-state index is -0.0937. The van der Waals surface area contributed by atoms with Crippen LogP contribution < -0.4 is 0 Å². The summed E-state index contributed by atoms with van der Waals surface area (Å²) in [4.78, 5) is 4.80. The summed E-state index contributed by atoms with van der Waals surface area (Å²) in [6.45, 7) is 8.50. The van der Waals surface area contributed by atoms with Gasteiger partial charge in [-0.15, -0.1) is 10.2 Å². The highest BCUT2D eigenvalue weighted by atomic mass is 15.2. The first-order valence-corrected chi connectivity index (χ1v) is 7.42. The van der Waals surface area contributed by atoms with Gasteiger partial charge < -0.3 is 0 Å². The molecule has 4 heteroatoms. The van der Waals surface area contributed by atoms with Crippen LogP contribution in [0.2, 0.25) is 0 Å². The van der Waals surface area contributed by atoms with E-state index in [0.717, 1.165) is 28.4 Å². The summed E-state index contributed by atoms with van der Waals surface area (Å²) in [7, 11) is 0. The van der Waals surface area contributed by atoms with Gasteiger partial charge in [0, 0.05) is 11.6 Å². The second-order valence-electron chi connectivity index (χ2n) is 6.45. The highest BCUT2D eigenvalue weighted by Crippen LogP contribution is 2.33. The minimum absolute atomic E-state index is 0.0937. The lowest BCUT2D eigenvalue weighted by atomic mass is 9.92. The topological polar surface area (TPSA) is 42.0 Å². The first kappa shape index (κ1) is 14.4. The fraction of sp³-hybridized carbons (Fsp3) is 0.278. The number of benzene rings is 1. The standard InChI is InChI=1S/C18H20N4/c1-13-9-8-12-22-16(13)19-15(18(2,3)4)17(22)21-20-14-10-6-5-7-11-14/h5-12H,1-4H3. The Morgan fingerprint density at radius 2 is 1.68 bits per heavy atom. The van der Waals surface area contributed by atoms with E-state index in [1.807, 2.05) is 47.0 Å². The van der Waals surface area contributed by atoms with Crippen LogP contribution in [0.15, 0.2) is 58.9 Å². The third kappa shape index (κ3) is 2.64. The second kappa shape index (κ2) is 5.37. The zero-order valence-electron chi connectivity index (χ0n) is 13.4. The number of aromatic nitrogens is 2. The van der Waals surface area contributed by atoms with Gasteiger partial charge in [0.05, 0.1) is 11.4 Å². The molecule has 3 aromatic rings. The van der Waals surface area contributed by atoms with Crippen molar-refractivity contribution in [1.29, 1.82) is 0 Å². The van der Waals surface area contributed by atoms with Gasteiger partial charge in [-0.25, -0.2) is 4.98 Å². The number of pyridine rings is 1. The molecular formula is C18H20N4. The van der Waals surface area contributed by atoms with E-state index in [-0.39, 0.29) is 5.41 Å². The molecule has 0 bridgehead atoms. The maximum absolute atomic E-state index is 4.80. The van der Waals surface area contributed by atoms with E-state index in [1.54, 1.807) is 0 Å². The average molecular weight is 292 g/mol. The van der Waals surface area contributed by atoms with Crippen LogP contribution >= 0.6 is 0 Å². The molecule has 22 heavy (non-hydrogen) atoms. The molecule has 0 aliphatic carbocycles. The van der Waals surface area contributed by atoms with Crippen molar-refractivity contribution in [3.63, 3.8) is 0 Å². The van der Waals surface area contributed by atoms with Crippen molar-refractivity contribution in [3.05, 3.63) is 59.9 Å². The van der Waals surface area contributed by atoms with Crippen LogP contribution in [0.3, 0.4) is 0 Å². The lowest BCUT2D eigenvalue weighted by molar-refractivity contribution is 0.573. The molecule has 0 unspecified atom stereocenters. The molecule has 0 N–H and O–H groups in total. The van der Waals surface area contributed by atoms with Gasteiger partial charge in [0.25, 0.3) is 0 Å². The van der Waals surface area contributed by atoms with E-state index in [2.05, 4.69) is 44.0 Å². The fourth-order valence-corrected chi connectivity index (χ4v) is 2.39. The molecule has 112 valence electrons. The summed E-state index contributed by atoms with van der Waals surface area (Å²) in [6.07, 6.45) is 1.99. The van der Waals surface area contributed by atoms with E-state index in [9.17, 15) is 0 Å². The number of aryl methyl sites for hydroxylation is 1. The smallest absolute Gasteiger partial charge is 0.183 e. The second-order valence-corrected chi connectivity index (χ2v) is 6.45. The Hall–Kier alpha value is -2.49. The van der Waals surface area contributed by atoms with Gasteiger partial charge in [-0.05, 0) is 30.7 Å². The van der Waals surface area contributed by atoms with E-state index in [4.69, 9.17) is 4.98 Å². The number of nitrogens with zero attached hydrogens (tertiary/aromatic N) is 4. The van der Waals surface area contributed by atoms with Crippen molar-refractivity contribution < 1.29 is 0 Å². The van der Waals surface area contributed by atoms with Gasteiger partial charge in [0.1, 0.15) is 5.65 Å². The van der Waals surface area contributed by atoms with Crippen LogP contribution in [-0.4, -0.2) is 9.38 Å². The van der Waals surface area contributed by atoms with Crippen molar-refractivity contribution in [3.8, 4) is 0 Å². The normalized spacial score (nSPS) is 12.4. The Morgan fingerprint density at radius 3 is 2.36 bits per heavy atom. The van der Waals surface area contributed by atoms with Crippen LogP contribution in [0.1, 0.15) is 32.0 Å². The van der Waals surface area contributed by atoms with Crippen LogP contribution in [0.5, 0.6) is 0 Å². The number of rotatable bonds is 2. The van der Waals surface area contributed by atoms with Gasteiger partial charge in [0.15, 0.2) is 5.82 Å². The number of hydrogen-bond donors (Lipinski definition) is 0. The number of hydrogen-bond acceptors (Lipinski definition) is 3. The number of azo groups is 1. The molecule has 0 fully saturated rings. The van der Waals surface area contributed by atoms with E-state index in [0.29, 0.717) is 0 Å². The summed E-state index contributed by atoms with van der Waals surface area (Å²) >= 11 is 0. The zero-order chi connectivity index (χ0) is 15.7. The molecular weight excluding hydrogens is 272 g/mol. The van der Waals surface area contributed by atoms with Gasteiger partial charge >= 0.3 is 0 Å². The van der Waals surface area contributed by atoms with Crippen LogP contribution in [0.4, 0.5) is 11.5 Å². The van der Waals surface area contributed by atoms with Crippen molar-refractivity contribution in [2.45, 2.75) is 33.1 Å². The van der Waals surface area contributed by atoms with Gasteiger partial charge in [0.2, 0.25) is 0 Å². The van der Waals surface area contributed by atoms with E-state index in [1.165, 1.54) is 0 Å². The summed E-state index contributed by atoms with van der Waals surface area (Å²) in [5, 5.41) is 8.86. The summed E-state index contributed by atoms with van der Waals surface area (Å²) < 4.78 is 2.02. The average Bonchev–Trinajstić information content (AvgIpc) is 2.86. The highest BCUT2D eigenvalue weighted by molar-refractivity contribution is 5.58. The van der Waals surface area contributed by atoms with Crippen LogP contribution in [0.25, 0.3) is 5.65 Å². The van der Waals surface area contributed by atoms with Gasteiger partial charge in [-0.1, -0.05) is 45.0 Å². The third-order valence-electron chi connectivity index (χ3n) is 3.55. The maximum Gasteiger partial charge on any atom is 0.183 e. The van der Waals surface area contributed by atoms with Gasteiger partial charge in [-0.3, -0.25) is 4.40 Å². The van der Waals surface area contributed by atoms with Crippen LogP contribution in [0, 0.1) is 6.92 Å². The molecule has 0 aliphatic heterocycles. The van der Waals surface area contributed by atoms with Gasteiger partial charge in [-0.2, -0.15) is 0 Å². The maximum atomic E-state index is 4.80. The molecule has 4 nitrogen and oxygen atoms in total. The van der Waals surface area contributed by atoms with E-state index < -0.39 is 0 Å². The zero-order valence-corrected chi connectivity index (χ0v) is 13.4. The summed E-state index contributed by atoms with van der Waals surface area (Å²) in [6, 6.07) is 13.8. The fourth-order valence-electron chi connectivity index (χ4n) is 2.39. The molecule has 0 amide bonds. The van der Waals surface area contributed by atoms with Crippen molar-refractivity contribution in [2.24, 2.45) is 10.2 Å².